The number of benzene rings is 2. The highest BCUT2D eigenvalue weighted by Gasteiger charge is 2.30. The summed E-state index contributed by atoms with van der Waals surface area (Å²) in [5.74, 6) is 1.05. The average molecular weight is 413 g/mol. The number of nitrogens with zero attached hydrogens (tertiary/aromatic N) is 3. The lowest BCUT2D eigenvalue weighted by molar-refractivity contribution is -0.113. The molecule has 3 aromatic rings. The van der Waals surface area contributed by atoms with Crippen LogP contribution in [0, 0.1) is 6.92 Å². The zero-order valence-electron chi connectivity index (χ0n) is 15.9. The van der Waals surface area contributed by atoms with Gasteiger partial charge in [0.25, 0.3) is 0 Å². The first-order valence-corrected chi connectivity index (χ1v) is 10.4. The van der Waals surface area contributed by atoms with Gasteiger partial charge in [0, 0.05) is 25.3 Å². The first-order valence-electron chi connectivity index (χ1n) is 8.99. The fourth-order valence-corrected chi connectivity index (χ4v) is 4.80. The molecule has 0 unspecified atom stereocenters. The summed E-state index contributed by atoms with van der Waals surface area (Å²) in [5, 5.41) is 8.36. The molecule has 2 heterocycles. The molecule has 28 heavy (non-hydrogen) atoms. The molecule has 0 fully saturated rings. The zero-order valence-corrected chi connectivity index (χ0v) is 17.5. The summed E-state index contributed by atoms with van der Waals surface area (Å²) < 4.78 is 1.75. The number of rotatable bonds is 3. The molecule has 5 nitrogen and oxygen atoms in total. The second kappa shape index (κ2) is 7.53. The smallest absolute Gasteiger partial charge is 0.235 e. The molecule has 7 heteroatoms. The Morgan fingerprint density at radius 2 is 1.89 bits per heavy atom. The van der Waals surface area contributed by atoms with E-state index in [9.17, 15) is 4.79 Å². The Bertz CT molecular complexity index is 1030. The van der Waals surface area contributed by atoms with Crippen LogP contribution >= 0.6 is 23.4 Å². The number of carbonyl (C=O) groups excluding carboxylic acids is 1. The molecule has 0 saturated carbocycles. The number of fused-ring (bicyclic) bond motifs is 1. The van der Waals surface area contributed by atoms with Crippen LogP contribution in [-0.2, 0) is 4.79 Å². The van der Waals surface area contributed by atoms with Gasteiger partial charge in [0.05, 0.1) is 27.4 Å². The minimum Gasteiger partial charge on any atom is -0.378 e. The van der Waals surface area contributed by atoms with Crippen molar-refractivity contribution in [3.05, 3.63) is 70.4 Å². The molecule has 1 aliphatic rings. The van der Waals surface area contributed by atoms with Gasteiger partial charge in [-0.25, -0.2) is 4.68 Å². The standard InChI is InChI=1S/C21H21ClN4OS/c1-13-19-20(14-8-10-15(11-9-14)25(2)3)28-12-18(27)23-21(19)26(24-13)17-7-5-4-6-16(17)22/h4-11,20H,12H2,1-3H3,(H,23,27)/t20-/m0/s1. The molecule has 4 rings (SSSR count). The van der Waals surface area contributed by atoms with Crippen LogP contribution in [0.15, 0.2) is 48.5 Å². The van der Waals surface area contributed by atoms with Crippen LogP contribution in [0.5, 0.6) is 0 Å². The van der Waals surface area contributed by atoms with Crippen LogP contribution in [0.25, 0.3) is 5.69 Å². The maximum absolute atomic E-state index is 12.4. The predicted octanol–water partition coefficient (Wildman–Crippen LogP) is 4.67. The number of nitrogens with one attached hydrogen (secondary N) is 1. The van der Waals surface area contributed by atoms with Gasteiger partial charge >= 0.3 is 0 Å². The summed E-state index contributed by atoms with van der Waals surface area (Å²) in [5.41, 5.74) is 4.94. The van der Waals surface area contributed by atoms with Gasteiger partial charge < -0.3 is 10.2 Å². The molecular weight excluding hydrogens is 392 g/mol. The molecule has 1 aromatic heterocycles. The van der Waals surface area contributed by atoms with Crippen molar-refractivity contribution in [1.82, 2.24) is 9.78 Å². The van der Waals surface area contributed by atoms with Crippen LogP contribution in [0.4, 0.5) is 11.5 Å². The molecule has 1 N–H and O–H groups in total. The first kappa shape index (κ1) is 18.9. The second-order valence-electron chi connectivity index (χ2n) is 6.94. The van der Waals surface area contributed by atoms with Gasteiger partial charge in [-0.1, -0.05) is 35.9 Å². The van der Waals surface area contributed by atoms with Crippen LogP contribution in [0.2, 0.25) is 5.02 Å². The maximum atomic E-state index is 12.4. The lowest BCUT2D eigenvalue weighted by atomic mass is 10.0. The van der Waals surface area contributed by atoms with Crippen molar-refractivity contribution in [3.8, 4) is 5.69 Å². The van der Waals surface area contributed by atoms with E-state index in [1.165, 1.54) is 0 Å². The normalized spacial score (nSPS) is 16.3. The minimum absolute atomic E-state index is 0.0152. The van der Waals surface area contributed by atoms with Crippen LogP contribution in [0.1, 0.15) is 22.1 Å². The van der Waals surface area contributed by atoms with Gasteiger partial charge in [-0.2, -0.15) is 5.10 Å². The van der Waals surface area contributed by atoms with Gasteiger partial charge in [-0.15, -0.1) is 11.8 Å². The molecule has 0 radical (unpaired) electrons. The third kappa shape index (κ3) is 3.38. The summed E-state index contributed by atoms with van der Waals surface area (Å²) in [6.45, 7) is 1.98. The van der Waals surface area contributed by atoms with E-state index in [0.29, 0.717) is 16.6 Å². The van der Waals surface area contributed by atoms with E-state index in [4.69, 9.17) is 16.7 Å². The average Bonchev–Trinajstić information content (AvgIpc) is 2.88. The van der Waals surface area contributed by atoms with Crippen LogP contribution in [0.3, 0.4) is 0 Å². The van der Waals surface area contributed by atoms with E-state index < -0.39 is 0 Å². The lowest BCUT2D eigenvalue weighted by Gasteiger charge is -2.18. The van der Waals surface area contributed by atoms with Crippen molar-refractivity contribution in [1.29, 1.82) is 0 Å². The largest absolute Gasteiger partial charge is 0.378 e. The number of hydrogen-bond donors (Lipinski definition) is 1. The summed E-state index contributed by atoms with van der Waals surface area (Å²) in [4.78, 5) is 14.5. The molecule has 144 valence electrons. The van der Waals surface area contributed by atoms with Gasteiger partial charge in [-0.3, -0.25) is 4.79 Å². The van der Waals surface area contributed by atoms with E-state index in [1.54, 1.807) is 16.4 Å². The number of halogens is 1. The Hall–Kier alpha value is -2.44. The summed E-state index contributed by atoms with van der Waals surface area (Å²) in [6.07, 6.45) is 0. The number of carbonyl (C=O) groups is 1. The van der Waals surface area contributed by atoms with Crippen molar-refractivity contribution in [2.45, 2.75) is 12.2 Å². The fourth-order valence-electron chi connectivity index (χ4n) is 3.39. The van der Waals surface area contributed by atoms with E-state index in [2.05, 4.69) is 34.5 Å². The maximum Gasteiger partial charge on any atom is 0.235 e. The molecule has 0 bridgehead atoms. The highest BCUT2D eigenvalue weighted by molar-refractivity contribution is 8.00. The molecule has 0 saturated heterocycles. The highest BCUT2D eigenvalue weighted by Crippen LogP contribution is 2.44. The Labute approximate surface area is 173 Å². The Morgan fingerprint density at radius 3 is 2.57 bits per heavy atom. The first-order chi connectivity index (χ1) is 13.5. The molecule has 0 aliphatic carbocycles. The van der Waals surface area contributed by atoms with Gasteiger partial charge in [0.2, 0.25) is 5.91 Å². The predicted molar refractivity (Wildman–Crippen MR) is 117 cm³/mol. The molecule has 2 aromatic carbocycles. The van der Waals surface area contributed by atoms with Crippen molar-refractivity contribution in [2.75, 3.05) is 30.1 Å². The summed E-state index contributed by atoms with van der Waals surface area (Å²) in [7, 11) is 4.04. The van der Waals surface area contributed by atoms with Gasteiger partial charge in [-0.05, 0) is 36.8 Å². The highest BCUT2D eigenvalue weighted by atomic mass is 35.5. The number of thioether (sulfide) groups is 1. The monoisotopic (exact) mass is 412 g/mol. The zero-order chi connectivity index (χ0) is 19.8. The number of aromatic nitrogens is 2. The Morgan fingerprint density at radius 1 is 1.18 bits per heavy atom. The molecule has 1 atom stereocenters. The fraction of sp³-hybridized carbons (Fsp3) is 0.238. The van der Waals surface area contributed by atoms with Crippen molar-refractivity contribution in [3.63, 3.8) is 0 Å². The topological polar surface area (TPSA) is 50.2 Å². The van der Waals surface area contributed by atoms with Crippen LogP contribution < -0.4 is 10.2 Å². The van der Waals surface area contributed by atoms with Crippen molar-refractivity contribution < 1.29 is 4.79 Å². The van der Waals surface area contributed by atoms with Crippen LogP contribution in [-0.4, -0.2) is 35.5 Å². The van der Waals surface area contributed by atoms with E-state index in [-0.39, 0.29) is 11.2 Å². The SMILES string of the molecule is Cc1nn(-c2ccccc2Cl)c2c1[C@H](c1ccc(N(C)C)cc1)SCC(=O)N2. The van der Waals surface area contributed by atoms with E-state index in [1.807, 2.05) is 45.3 Å². The minimum atomic E-state index is -0.0353. The number of aryl methyl sites for hydroxylation is 1. The number of para-hydroxylation sites is 1. The Kier molecular flexibility index (Phi) is 5.08. The quantitative estimate of drug-likeness (QED) is 0.678. The lowest BCUT2D eigenvalue weighted by Crippen LogP contribution is -2.16. The second-order valence-corrected chi connectivity index (χ2v) is 8.44. The van der Waals surface area contributed by atoms with E-state index >= 15 is 0 Å². The van der Waals surface area contributed by atoms with E-state index in [0.717, 1.165) is 28.2 Å². The van der Waals surface area contributed by atoms with Gasteiger partial charge in [0.15, 0.2) is 0 Å². The number of anilines is 2. The van der Waals surface area contributed by atoms with Crippen molar-refractivity contribution >= 4 is 40.8 Å². The summed E-state index contributed by atoms with van der Waals surface area (Å²) in [6, 6.07) is 16.0. The van der Waals surface area contributed by atoms with Crippen molar-refractivity contribution in [2.24, 2.45) is 0 Å². The van der Waals surface area contributed by atoms with Gasteiger partial charge in [0.1, 0.15) is 5.82 Å². The third-order valence-corrected chi connectivity index (χ3v) is 6.39. The number of hydrogen-bond acceptors (Lipinski definition) is 4. The summed E-state index contributed by atoms with van der Waals surface area (Å²) >= 11 is 8.02. The number of amides is 1. The molecule has 1 aliphatic heterocycles. The molecule has 0 spiro atoms. The molecular formula is C21H21ClN4OS. The third-order valence-electron chi connectivity index (χ3n) is 4.80. The molecule has 1 amide bonds. The Balaban J connectivity index is 1.85.